The summed E-state index contributed by atoms with van der Waals surface area (Å²) < 4.78 is 0. The molecule has 5 heteroatoms. The Morgan fingerprint density at radius 1 is 1.15 bits per heavy atom. The van der Waals surface area contributed by atoms with E-state index in [0.717, 1.165) is 45.2 Å². The molecule has 0 radical (unpaired) electrons. The van der Waals surface area contributed by atoms with Crippen LogP contribution in [0.1, 0.15) is 57.6 Å². The van der Waals surface area contributed by atoms with Gasteiger partial charge in [0.2, 0.25) is 0 Å². The molecular weight excluding hydrogens is 338 g/mol. The first-order valence-corrected chi connectivity index (χ1v) is 10.3. The van der Waals surface area contributed by atoms with Crippen LogP contribution in [0.4, 0.5) is 4.79 Å². The standard InChI is InChI=1S/C22H31N3O2/c1-21(2,3)18-8-11-22(12-9-18)19(26)25(20(27)23-22)15-24-13-10-16-6-4-5-7-17(16)14-24/h4-7,18H,8-15H2,1-3H3,(H,23,27)/p+1. The monoisotopic (exact) mass is 370 g/mol. The molecule has 2 aliphatic heterocycles. The summed E-state index contributed by atoms with van der Waals surface area (Å²) in [5, 5.41) is 3.07. The topological polar surface area (TPSA) is 53.9 Å². The number of imide groups is 1. The predicted octanol–water partition coefficient (Wildman–Crippen LogP) is 2.11. The van der Waals surface area contributed by atoms with Gasteiger partial charge in [-0.1, -0.05) is 45.0 Å². The van der Waals surface area contributed by atoms with Gasteiger partial charge in [-0.2, -0.15) is 0 Å². The molecule has 27 heavy (non-hydrogen) atoms. The summed E-state index contributed by atoms with van der Waals surface area (Å²) in [4.78, 5) is 28.6. The van der Waals surface area contributed by atoms with Crippen molar-refractivity contribution < 1.29 is 14.5 Å². The van der Waals surface area contributed by atoms with Crippen LogP contribution in [0.3, 0.4) is 0 Å². The van der Waals surface area contributed by atoms with Crippen molar-refractivity contribution in [3.8, 4) is 0 Å². The van der Waals surface area contributed by atoms with Crippen LogP contribution in [0.5, 0.6) is 0 Å². The summed E-state index contributed by atoms with van der Waals surface area (Å²) in [5.41, 5.74) is 2.35. The summed E-state index contributed by atoms with van der Waals surface area (Å²) in [5.74, 6) is 0.623. The van der Waals surface area contributed by atoms with E-state index in [2.05, 4.69) is 50.4 Å². The maximum Gasteiger partial charge on any atom is 0.329 e. The fraction of sp³-hybridized carbons (Fsp3) is 0.636. The fourth-order valence-electron chi connectivity index (χ4n) is 5.14. The number of nitrogens with one attached hydrogen (secondary N) is 2. The smallest absolute Gasteiger partial charge is 0.323 e. The minimum absolute atomic E-state index is 0.00576. The third kappa shape index (κ3) is 3.38. The van der Waals surface area contributed by atoms with E-state index in [4.69, 9.17) is 0 Å². The number of quaternary nitrogens is 1. The van der Waals surface area contributed by atoms with Gasteiger partial charge in [0.25, 0.3) is 5.91 Å². The van der Waals surface area contributed by atoms with Crippen LogP contribution in [-0.2, 0) is 17.8 Å². The van der Waals surface area contributed by atoms with E-state index in [9.17, 15) is 9.59 Å². The number of urea groups is 1. The number of rotatable bonds is 2. The second-order valence-corrected chi connectivity index (χ2v) is 9.74. The molecule has 1 saturated heterocycles. The summed E-state index contributed by atoms with van der Waals surface area (Å²) in [6, 6.07) is 8.30. The maximum absolute atomic E-state index is 13.2. The van der Waals surface area contributed by atoms with E-state index in [1.54, 1.807) is 0 Å². The Morgan fingerprint density at radius 3 is 2.48 bits per heavy atom. The number of carbonyl (C=O) groups is 2. The molecule has 0 bridgehead atoms. The minimum Gasteiger partial charge on any atom is -0.323 e. The lowest BCUT2D eigenvalue weighted by molar-refractivity contribution is -0.923. The van der Waals surface area contributed by atoms with E-state index in [0.29, 0.717) is 12.6 Å². The largest absolute Gasteiger partial charge is 0.329 e. The Hall–Kier alpha value is -1.88. The van der Waals surface area contributed by atoms with Crippen molar-refractivity contribution in [2.24, 2.45) is 11.3 Å². The first-order chi connectivity index (χ1) is 12.8. The SMILES string of the molecule is CC(C)(C)C1CCC2(CC1)NC(=O)N(C[NH+]1CCc3ccccc3C1)C2=O. The van der Waals surface area contributed by atoms with Crippen LogP contribution >= 0.6 is 0 Å². The van der Waals surface area contributed by atoms with Gasteiger partial charge in [0.05, 0.1) is 6.54 Å². The van der Waals surface area contributed by atoms with Crippen LogP contribution in [0, 0.1) is 11.3 Å². The zero-order valence-corrected chi connectivity index (χ0v) is 16.8. The number of carbonyl (C=O) groups excluding carboxylic acids is 2. The van der Waals surface area contributed by atoms with Crippen molar-refractivity contribution in [3.63, 3.8) is 0 Å². The molecule has 1 spiro atoms. The molecular formula is C22H32N3O2+. The van der Waals surface area contributed by atoms with Crippen molar-refractivity contribution in [2.75, 3.05) is 13.2 Å². The van der Waals surface area contributed by atoms with Gasteiger partial charge >= 0.3 is 6.03 Å². The van der Waals surface area contributed by atoms with Gasteiger partial charge in [0.1, 0.15) is 12.1 Å². The molecule has 1 atom stereocenters. The molecule has 0 aromatic heterocycles. The number of hydrogen-bond donors (Lipinski definition) is 2. The Labute approximate surface area is 162 Å². The number of amides is 3. The zero-order chi connectivity index (χ0) is 19.2. The fourth-order valence-corrected chi connectivity index (χ4v) is 5.14. The Kier molecular flexibility index (Phi) is 4.53. The van der Waals surface area contributed by atoms with Crippen molar-refractivity contribution in [1.82, 2.24) is 10.2 Å². The molecule has 1 aliphatic carbocycles. The highest BCUT2D eigenvalue weighted by atomic mass is 16.2. The quantitative estimate of drug-likeness (QED) is 0.784. The van der Waals surface area contributed by atoms with Crippen molar-refractivity contribution in [3.05, 3.63) is 35.4 Å². The van der Waals surface area contributed by atoms with Gasteiger partial charge in [-0.25, -0.2) is 9.69 Å². The lowest BCUT2D eigenvalue weighted by atomic mass is 9.67. The molecule has 4 rings (SSSR count). The Bertz CT molecular complexity index is 744. The van der Waals surface area contributed by atoms with E-state index in [1.807, 2.05) is 0 Å². The van der Waals surface area contributed by atoms with Gasteiger partial charge in [-0.15, -0.1) is 0 Å². The number of benzene rings is 1. The first-order valence-electron chi connectivity index (χ1n) is 10.3. The highest BCUT2D eigenvalue weighted by Gasteiger charge is 2.54. The lowest BCUT2D eigenvalue weighted by Crippen LogP contribution is -3.13. The molecule has 5 nitrogen and oxygen atoms in total. The van der Waals surface area contributed by atoms with Gasteiger partial charge in [-0.05, 0) is 42.6 Å². The molecule has 2 fully saturated rings. The summed E-state index contributed by atoms with van der Waals surface area (Å²) in [6.07, 6.45) is 4.57. The van der Waals surface area contributed by atoms with Crippen LogP contribution in [0.2, 0.25) is 0 Å². The van der Waals surface area contributed by atoms with Crippen molar-refractivity contribution >= 4 is 11.9 Å². The normalized spacial score (nSPS) is 31.1. The molecule has 1 aromatic carbocycles. The predicted molar refractivity (Wildman–Crippen MR) is 104 cm³/mol. The van der Waals surface area contributed by atoms with Gasteiger partial charge < -0.3 is 10.2 Å². The molecule has 1 saturated carbocycles. The molecule has 3 amide bonds. The second-order valence-electron chi connectivity index (χ2n) is 9.74. The molecule has 1 unspecified atom stereocenters. The Morgan fingerprint density at radius 2 is 1.81 bits per heavy atom. The summed E-state index contributed by atoms with van der Waals surface area (Å²) in [6.45, 7) is 9.14. The third-order valence-electron chi connectivity index (χ3n) is 7.00. The Balaban J connectivity index is 1.42. The first kappa shape index (κ1) is 18.5. The van der Waals surface area contributed by atoms with Crippen molar-refractivity contribution in [2.45, 2.75) is 65.0 Å². The van der Waals surface area contributed by atoms with Gasteiger partial charge in [-0.3, -0.25) is 4.79 Å². The maximum atomic E-state index is 13.2. The van der Waals surface area contributed by atoms with E-state index in [1.165, 1.54) is 20.9 Å². The highest BCUT2D eigenvalue weighted by molar-refractivity contribution is 6.06. The number of hydrogen-bond acceptors (Lipinski definition) is 2. The van der Waals surface area contributed by atoms with Crippen molar-refractivity contribution in [1.29, 1.82) is 0 Å². The van der Waals surface area contributed by atoms with Gasteiger partial charge in [0.15, 0.2) is 6.67 Å². The minimum atomic E-state index is -0.647. The average Bonchev–Trinajstić information content (AvgIpc) is 2.85. The zero-order valence-electron chi connectivity index (χ0n) is 16.8. The third-order valence-corrected chi connectivity index (χ3v) is 7.00. The second kappa shape index (κ2) is 6.62. The van der Waals surface area contributed by atoms with Crippen LogP contribution < -0.4 is 10.2 Å². The molecule has 2 N–H and O–H groups in total. The molecule has 146 valence electrons. The van der Waals surface area contributed by atoms with Crippen LogP contribution in [0.25, 0.3) is 0 Å². The summed E-state index contributed by atoms with van der Waals surface area (Å²) in [7, 11) is 0. The van der Waals surface area contributed by atoms with E-state index >= 15 is 0 Å². The summed E-state index contributed by atoms with van der Waals surface area (Å²) >= 11 is 0. The molecule has 1 aromatic rings. The molecule has 3 aliphatic rings. The lowest BCUT2D eigenvalue weighted by Gasteiger charge is -2.40. The number of nitrogens with zero attached hydrogens (tertiary/aromatic N) is 1. The molecule has 2 heterocycles. The average molecular weight is 371 g/mol. The highest BCUT2D eigenvalue weighted by Crippen LogP contribution is 2.43. The van der Waals surface area contributed by atoms with E-state index in [-0.39, 0.29) is 17.4 Å². The van der Waals surface area contributed by atoms with Crippen LogP contribution in [-0.4, -0.2) is 35.6 Å². The van der Waals surface area contributed by atoms with Gasteiger partial charge in [0, 0.05) is 12.0 Å². The van der Waals surface area contributed by atoms with E-state index < -0.39 is 5.54 Å². The number of fused-ring (bicyclic) bond motifs is 1. The van der Waals surface area contributed by atoms with Crippen LogP contribution in [0.15, 0.2) is 24.3 Å².